The highest BCUT2D eigenvalue weighted by atomic mass is 35.5. The van der Waals surface area contributed by atoms with Crippen molar-refractivity contribution in [3.8, 4) is 0 Å². The van der Waals surface area contributed by atoms with E-state index in [-0.39, 0.29) is 5.02 Å². The van der Waals surface area contributed by atoms with Crippen LogP contribution >= 0.6 is 24.2 Å². The van der Waals surface area contributed by atoms with Gasteiger partial charge >= 0.3 is 0 Å². The largest absolute Gasteiger partial charge is 0.204 e. The molecule has 0 unspecified atom stereocenters. The van der Waals surface area contributed by atoms with E-state index in [1.807, 2.05) is 6.92 Å². The summed E-state index contributed by atoms with van der Waals surface area (Å²) >= 11 is 9.37. The van der Waals surface area contributed by atoms with Crippen molar-refractivity contribution in [1.82, 2.24) is 0 Å². The van der Waals surface area contributed by atoms with Gasteiger partial charge in [-0.05, 0) is 24.6 Å². The van der Waals surface area contributed by atoms with E-state index in [0.29, 0.717) is 4.90 Å². The minimum absolute atomic E-state index is 0.130. The second-order valence-corrected chi connectivity index (χ2v) is 2.97. The van der Waals surface area contributed by atoms with Crippen molar-refractivity contribution in [2.24, 2.45) is 0 Å². The molecule has 54 valence electrons. The van der Waals surface area contributed by atoms with E-state index in [9.17, 15) is 4.39 Å². The van der Waals surface area contributed by atoms with Crippen LogP contribution in [-0.4, -0.2) is 0 Å². The molecule has 0 heterocycles. The number of thiol groups is 1. The lowest BCUT2D eigenvalue weighted by molar-refractivity contribution is 0.602. The zero-order valence-corrected chi connectivity index (χ0v) is 7.01. The van der Waals surface area contributed by atoms with Crippen molar-refractivity contribution in [2.75, 3.05) is 0 Å². The van der Waals surface area contributed by atoms with Gasteiger partial charge in [0.05, 0.1) is 5.02 Å². The van der Waals surface area contributed by atoms with Gasteiger partial charge in [-0.1, -0.05) is 11.6 Å². The molecule has 0 bridgehead atoms. The van der Waals surface area contributed by atoms with Crippen molar-refractivity contribution in [3.63, 3.8) is 0 Å². The molecule has 0 atom stereocenters. The number of halogens is 2. The molecule has 10 heavy (non-hydrogen) atoms. The average Bonchev–Trinajstić information content (AvgIpc) is 1.82. The van der Waals surface area contributed by atoms with Crippen LogP contribution in [0.4, 0.5) is 4.39 Å². The summed E-state index contributed by atoms with van der Waals surface area (Å²) in [6.07, 6.45) is 0. The van der Waals surface area contributed by atoms with Crippen molar-refractivity contribution in [3.05, 3.63) is 28.5 Å². The number of aryl methyl sites for hydroxylation is 1. The molecule has 0 nitrogen and oxygen atoms in total. The summed E-state index contributed by atoms with van der Waals surface area (Å²) in [6.45, 7) is 1.84. The Balaban J connectivity index is 3.31. The number of hydrogen-bond donors (Lipinski definition) is 1. The standard InChI is InChI=1S/C7H6ClFS/c1-4-2-5(8)7(9)6(10)3-4/h2-3,10H,1H3. The first-order valence-electron chi connectivity index (χ1n) is 2.76. The fourth-order valence-electron chi connectivity index (χ4n) is 0.706. The predicted molar refractivity (Wildman–Crippen MR) is 43.4 cm³/mol. The van der Waals surface area contributed by atoms with Crippen molar-refractivity contribution < 1.29 is 4.39 Å². The average molecular weight is 177 g/mol. The fourth-order valence-corrected chi connectivity index (χ4v) is 1.37. The molecule has 1 rings (SSSR count). The molecule has 0 aromatic heterocycles. The van der Waals surface area contributed by atoms with Crippen molar-refractivity contribution in [1.29, 1.82) is 0 Å². The summed E-state index contributed by atoms with van der Waals surface area (Å²) in [7, 11) is 0. The highest BCUT2D eigenvalue weighted by Crippen LogP contribution is 2.22. The van der Waals surface area contributed by atoms with Crippen LogP contribution in [0.5, 0.6) is 0 Å². The molecular formula is C7H6ClFS. The summed E-state index contributed by atoms with van der Waals surface area (Å²) in [4.78, 5) is 0.296. The smallest absolute Gasteiger partial charge is 0.155 e. The number of hydrogen-bond acceptors (Lipinski definition) is 1. The fraction of sp³-hybridized carbons (Fsp3) is 0.143. The van der Waals surface area contributed by atoms with E-state index in [1.165, 1.54) is 0 Å². The van der Waals surface area contributed by atoms with Gasteiger partial charge < -0.3 is 0 Å². The minimum Gasteiger partial charge on any atom is -0.204 e. The Hall–Kier alpha value is -0.210. The molecule has 0 radical (unpaired) electrons. The number of benzene rings is 1. The normalized spacial score (nSPS) is 10.0. The van der Waals surface area contributed by atoms with Crippen LogP contribution in [0, 0.1) is 12.7 Å². The molecule has 0 amide bonds. The Morgan fingerprint density at radius 1 is 1.50 bits per heavy atom. The second-order valence-electron chi connectivity index (χ2n) is 2.08. The second kappa shape index (κ2) is 2.81. The Kier molecular flexibility index (Phi) is 2.21. The number of rotatable bonds is 0. The van der Waals surface area contributed by atoms with E-state index in [2.05, 4.69) is 12.6 Å². The van der Waals surface area contributed by atoms with Gasteiger partial charge in [-0.2, -0.15) is 0 Å². The van der Waals surface area contributed by atoms with Crippen LogP contribution in [0.1, 0.15) is 5.56 Å². The molecule has 1 aromatic rings. The Morgan fingerprint density at radius 3 is 2.60 bits per heavy atom. The van der Waals surface area contributed by atoms with E-state index < -0.39 is 5.82 Å². The molecular weight excluding hydrogens is 171 g/mol. The Morgan fingerprint density at radius 2 is 2.10 bits per heavy atom. The van der Waals surface area contributed by atoms with Crippen LogP contribution < -0.4 is 0 Å². The molecule has 0 aliphatic heterocycles. The van der Waals surface area contributed by atoms with Gasteiger partial charge in [0, 0.05) is 4.90 Å². The third kappa shape index (κ3) is 1.44. The van der Waals surface area contributed by atoms with Gasteiger partial charge in [0.2, 0.25) is 0 Å². The van der Waals surface area contributed by atoms with Gasteiger partial charge in [0.15, 0.2) is 5.82 Å². The van der Waals surface area contributed by atoms with Gasteiger partial charge in [0.25, 0.3) is 0 Å². The van der Waals surface area contributed by atoms with E-state index in [4.69, 9.17) is 11.6 Å². The van der Waals surface area contributed by atoms with Crippen LogP contribution in [0.15, 0.2) is 17.0 Å². The summed E-state index contributed by atoms with van der Waals surface area (Å²) in [5, 5.41) is 0.130. The Bertz CT molecular complexity index is 237. The van der Waals surface area contributed by atoms with Gasteiger partial charge in [0.1, 0.15) is 0 Å². The van der Waals surface area contributed by atoms with Gasteiger partial charge in [-0.3, -0.25) is 0 Å². The molecule has 0 spiro atoms. The molecule has 0 aliphatic carbocycles. The summed E-state index contributed by atoms with van der Waals surface area (Å²) in [5.41, 5.74) is 0.913. The third-order valence-corrected chi connectivity index (χ3v) is 1.75. The lowest BCUT2D eigenvalue weighted by Crippen LogP contribution is -1.81. The first-order valence-corrected chi connectivity index (χ1v) is 3.58. The summed E-state index contributed by atoms with van der Waals surface area (Å²) in [5.74, 6) is -0.449. The van der Waals surface area contributed by atoms with Crippen molar-refractivity contribution >= 4 is 24.2 Å². The topological polar surface area (TPSA) is 0 Å². The SMILES string of the molecule is Cc1cc(S)c(F)c(Cl)c1. The molecule has 3 heteroatoms. The lowest BCUT2D eigenvalue weighted by Gasteiger charge is -1.98. The van der Waals surface area contributed by atoms with Crippen LogP contribution in [0.25, 0.3) is 0 Å². The summed E-state index contributed by atoms with van der Waals surface area (Å²) in [6, 6.07) is 3.20. The third-order valence-electron chi connectivity index (χ3n) is 1.15. The first kappa shape index (κ1) is 7.89. The van der Waals surface area contributed by atoms with E-state index >= 15 is 0 Å². The Labute approximate surface area is 69.4 Å². The molecule has 0 N–H and O–H groups in total. The first-order chi connectivity index (χ1) is 4.61. The van der Waals surface area contributed by atoms with Crippen molar-refractivity contribution in [2.45, 2.75) is 11.8 Å². The highest BCUT2D eigenvalue weighted by molar-refractivity contribution is 7.80. The zero-order chi connectivity index (χ0) is 7.72. The molecule has 1 aromatic carbocycles. The maximum Gasteiger partial charge on any atom is 0.155 e. The molecule has 0 aliphatic rings. The maximum atomic E-state index is 12.7. The molecule has 0 saturated carbocycles. The lowest BCUT2D eigenvalue weighted by atomic mass is 10.2. The van der Waals surface area contributed by atoms with Gasteiger partial charge in [-0.15, -0.1) is 12.6 Å². The maximum absolute atomic E-state index is 12.7. The summed E-state index contributed by atoms with van der Waals surface area (Å²) < 4.78 is 12.7. The van der Waals surface area contributed by atoms with Gasteiger partial charge in [-0.25, -0.2) is 4.39 Å². The monoisotopic (exact) mass is 176 g/mol. The zero-order valence-electron chi connectivity index (χ0n) is 5.36. The van der Waals surface area contributed by atoms with E-state index in [0.717, 1.165) is 5.56 Å². The molecule has 0 fully saturated rings. The predicted octanol–water partition coefficient (Wildman–Crippen LogP) is 3.08. The minimum atomic E-state index is -0.449. The van der Waals surface area contributed by atoms with E-state index in [1.54, 1.807) is 12.1 Å². The quantitative estimate of drug-likeness (QED) is 0.577. The van der Waals surface area contributed by atoms with Crippen LogP contribution in [0.2, 0.25) is 5.02 Å². The highest BCUT2D eigenvalue weighted by Gasteiger charge is 2.03. The van der Waals surface area contributed by atoms with Crippen LogP contribution in [0.3, 0.4) is 0 Å². The van der Waals surface area contributed by atoms with Crippen LogP contribution in [-0.2, 0) is 0 Å². The molecule has 0 saturated heterocycles.